The van der Waals surface area contributed by atoms with Crippen LogP contribution in [0.2, 0.25) is 0 Å². The molecule has 0 aromatic carbocycles. The van der Waals surface area contributed by atoms with Gasteiger partial charge in [-0.1, -0.05) is 13.5 Å². The molecule has 18 heavy (non-hydrogen) atoms. The maximum absolute atomic E-state index is 8.96. The highest BCUT2D eigenvalue weighted by Gasteiger charge is 2.29. The van der Waals surface area contributed by atoms with Crippen LogP contribution in [0.5, 0.6) is 0 Å². The molecule has 7 nitrogen and oxygen atoms in total. The first-order valence-corrected chi connectivity index (χ1v) is 5.62. The van der Waals surface area contributed by atoms with Crippen LogP contribution in [0.15, 0.2) is 12.8 Å². The van der Waals surface area contributed by atoms with Crippen LogP contribution in [0.4, 0.5) is 0 Å². The average Bonchev–Trinajstić information content (AvgIpc) is 2.42. The number of aliphatic hydroxyl groups is 6. The first kappa shape index (κ1) is 19.6. The third kappa shape index (κ3) is 9.34. The Kier molecular flexibility index (Phi) is 13.9. The largest absolute Gasteiger partial charge is 0.502 e. The first-order valence-electron chi connectivity index (χ1n) is 5.62. The van der Waals surface area contributed by atoms with Gasteiger partial charge in [-0.25, -0.2) is 0 Å². The van der Waals surface area contributed by atoms with Gasteiger partial charge in [0.2, 0.25) is 0 Å². The summed E-state index contributed by atoms with van der Waals surface area (Å²) < 4.78 is 4.75. The number of hydrogen-bond donors (Lipinski definition) is 6. The van der Waals surface area contributed by atoms with E-state index in [1.54, 1.807) is 0 Å². The van der Waals surface area contributed by atoms with E-state index >= 15 is 0 Å². The Hall–Kier alpha value is -0.700. The van der Waals surface area contributed by atoms with Gasteiger partial charge in [0.25, 0.3) is 0 Å². The van der Waals surface area contributed by atoms with Crippen molar-refractivity contribution in [3.8, 4) is 0 Å². The number of ether oxygens (including phenoxy) is 1. The van der Waals surface area contributed by atoms with Crippen LogP contribution in [0.25, 0.3) is 0 Å². The molecule has 7 heteroatoms. The summed E-state index contributed by atoms with van der Waals surface area (Å²) in [5.41, 5.74) is 0. The summed E-state index contributed by atoms with van der Waals surface area (Å²) in [5.74, 6) is 0. The van der Waals surface area contributed by atoms with Crippen LogP contribution in [0.3, 0.4) is 0 Å². The molecule has 0 saturated carbocycles. The van der Waals surface area contributed by atoms with Crippen molar-refractivity contribution in [2.75, 3.05) is 19.8 Å². The fraction of sp³-hybridized carbons (Fsp3) is 0.818. The van der Waals surface area contributed by atoms with E-state index in [-0.39, 0.29) is 0 Å². The molecule has 0 amide bonds. The molecule has 0 spiro atoms. The highest BCUT2D eigenvalue weighted by molar-refractivity contribution is 4.79. The third-order valence-corrected chi connectivity index (χ3v) is 1.95. The van der Waals surface area contributed by atoms with Crippen molar-refractivity contribution >= 4 is 0 Å². The SMILES string of the molecule is C=COCCC.OCC(O)C(O)C(O)C(O)CO. The monoisotopic (exact) mass is 268 g/mol. The second-order valence-electron chi connectivity index (χ2n) is 3.52. The summed E-state index contributed by atoms with van der Waals surface area (Å²) >= 11 is 0. The quantitative estimate of drug-likeness (QED) is 0.221. The Labute approximate surface area is 107 Å². The molecule has 0 aromatic heterocycles. The molecule has 0 heterocycles. The second kappa shape index (κ2) is 12.7. The molecule has 0 bridgehead atoms. The highest BCUT2D eigenvalue weighted by atomic mass is 16.5. The lowest BCUT2D eigenvalue weighted by molar-refractivity contribution is -0.123. The van der Waals surface area contributed by atoms with Gasteiger partial charge in [0, 0.05) is 0 Å². The lowest BCUT2D eigenvalue weighted by Gasteiger charge is -2.24. The number of hydrogen-bond acceptors (Lipinski definition) is 7. The predicted molar refractivity (Wildman–Crippen MR) is 64.6 cm³/mol. The third-order valence-electron chi connectivity index (χ3n) is 1.95. The van der Waals surface area contributed by atoms with Crippen LogP contribution in [0, 0.1) is 0 Å². The van der Waals surface area contributed by atoms with Gasteiger partial charge in [0.05, 0.1) is 26.1 Å². The molecular formula is C11H24O7. The van der Waals surface area contributed by atoms with E-state index in [1.807, 2.05) is 0 Å². The zero-order valence-electron chi connectivity index (χ0n) is 10.5. The molecule has 0 aliphatic carbocycles. The molecule has 4 atom stereocenters. The van der Waals surface area contributed by atoms with E-state index in [2.05, 4.69) is 13.5 Å². The predicted octanol–water partition coefficient (Wildman–Crippen LogP) is -2.03. The van der Waals surface area contributed by atoms with E-state index in [1.165, 1.54) is 6.26 Å². The molecule has 0 rings (SSSR count). The molecule has 0 saturated heterocycles. The van der Waals surface area contributed by atoms with Crippen molar-refractivity contribution in [2.45, 2.75) is 37.8 Å². The minimum Gasteiger partial charge on any atom is -0.502 e. The Morgan fingerprint density at radius 2 is 1.39 bits per heavy atom. The summed E-state index contributed by atoms with van der Waals surface area (Å²) in [7, 11) is 0. The first-order chi connectivity index (χ1) is 8.45. The van der Waals surface area contributed by atoms with E-state index < -0.39 is 37.6 Å². The topological polar surface area (TPSA) is 131 Å². The number of rotatable bonds is 8. The molecular weight excluding hydrogens is 244 g/mol. The summed E-state index contributed by atoms with van der Waals surface area (Å²) in [6, 6.07) is 0. The minimum absolute atomic E-state index is 0.726. The van der Waals surface area contributed by atoms with Crippen molar-refractivity contribution in [1.82, 2.24) is 0 Å². The van der Waals surface area contributed by atoms with Gasteiger partial charge in [-0.05, 0) is 6.42 Å². The van der Waals surface area contributed by atoms with E-state index in [0.717, 1.165) is 13.0 Å². The summed E-state index contributed by atoms with van der Waals surface area (Å²) in [4.78, 5) is 0. The maximum atomic E-state index is 8.96. The average molecular weight is 268 g/mol. The van der Waals surface area contributed by atoms with Gasteiger partial charge < -0.3 is 35.4 Å². The van der Waals surface area contributed by atoms with Crippen LogP contribution < -0.4 is 0 Å². The van der Waals surface area contributed by atoms with Gasteiger partial charge in [0.15, 0.2) is 0 Å². The maximum Gasteiger partial charge on any atom is 0.111 e. The van der Waals surface area contributed by atoms with Gasteiger partial charge in [0.1, 0.15) is 24.4 Å². The molecule has 110 valence electrons. The van der Waals surface area contributed by atoms with Crippen molar-refractivity contribution in [3.63, 3.8) is 0 Å². The fourth-order valence-electron chi connectivity index (χ4n) is 0.872. The molecule has 6 N–H and O–H groups in total. The van der Waals surface area contributed by atoms with Gasteiger partial charge >= 0.3 is 0 Å². The summed E-state index contributed by atoms with van der Waals surface area (Å²) in [5, 5.41) is 52.2. The van der Waals surface area contributed by atoms with E-state index in [9.17, 15) is 0 Å². The van der Waals surface area contributed by atoms with Crippen LogP contribution in [-0.2, 0) is 4.74 Å². The minimum atomic E-state index is -1.67. The molecule has 0 radical (unpaired) electrons. The zero-order valence-corrected chi connectivity index (χ0v) is 10.5. The highest BCUT2D eigenvalue weighted by Crippen LogP contribution is 2.03. The number of aliphatic hydroxyl groups excluding tert-OH is 6. The Morgan fingerprint density at radius 1 is 1.00 bits per heavy atom. The van der Waals surface area contributed by atoms with Crippen LogP contribution in [0.1, 0.15) is 13.3 Å². The van der Waals surface area contributed by atoms with Crippen molar-refractivity contribution in [1.29, 1.82) is 0 Å². The van der Waals surface area contributed by atoms with Gasteiger partial charge in [-0.2, -0.15) is 0 Å². The van der Waals surface area contributed by atoms with E-state index in [0.29, 0.717) is 0 Å². The van der Waals surface area contributed by atoms with Crippen molar-refractivity contribution < 1.29 is 35.4 Å². The molecule has 0 aliphatic rings. The molecule has 0 aromatic rings. The van der Waals surface area contributed by atoms with Gasteiger partial charge in [-0.15, -0.1) is 0 Å². The summed E-state index contributed by atoms with van der Waals surface area (Å²) in [6.07, 6.45) is -3.87. The molecule has 4 unspecified atom stereocenters. The lowest BCUT2D eigenvalue weighted by atomic mass is 10.0. The van der Waals surface area contributed by atoms with Crippen molar-refractivity contribution in [2.24, 2.45) is 0 Å². The van der Waals surface area contributed by atoms with Crippen molar-refractivity contribution in [3.05, 3.63) is 12.8 Å². The normalized spacial score (nSPS) is 16.8. The Bertz CT molecular complexity index is 174. The Morgan fingerprint density at radius 3 is 1.56 bits per heavy atom. The second-order valence-corrected chi connectivity index (χ2v) is 3.52. The fourth-order valence-corrected chi connectivity index (χ4v) is 0.872. The zero-order chi connectivity index (χ0) is 14.6. The van der Waals surface area contributed by atoms with E-state index in [4.69, 9.17) is 35.4 Å². The summed E-state index contributed by atoms with van der Waals surface area (Å²) in [6.45, 7) is 4.78. The molecule has 0 fully saturated rings. The lowest BCUT2D eigenvalue weighted by Crippen LogP contribution is -2.46. The smallest absolute Gasteiger partial charge is 0.111 e. The Balaban J connectivity index is 0. The van der Waals surface area contributed by atoms with Gasteiger partial charge in [-0.3, -0.25) is 0 Å². The standard InChI is InChI=1S/C6H14O6.C5H10O/c7-1-3(9)5(11)6(12)4(10)2-8;1-3-5-6-4-2/h3-12H,1-2H2;4H,2-3,5H2,1H3. The molecule has 0 aliphatic heterocycles. The van der Waals surface area contributed by atoms with Crippen LogP contribution in [-0.4, -0.2) is 74.9 Å². The van der Waals surface area contributed by atoms with Crippen LogP contribution >= 0.6 is 0 Å².